The van der Waals surface area contributed by atoms with E-state index in [4.69, 9.17) is 16.7 Å². The Morgan fingerprint density at radius 2 is 2.00 bits per heavy atom. The molecule has 1 aromatic heterocycles. The number of rotatable bonds is 3. The van der Waals surface area contributed by atoms with Crippen molar-refractivity contribution in [3.8, 4) is 0 Å². The summed E-state index contributed by atoms with van der Waals surface area (Å²) in [5.74, 6) is -1.50. The molecule has 2 aromatic rings. The normalized spacial score (nSPS) is 10.1. The van der Waals surface area contributed by atoms with Crippen molar-refractivity contribution in [3.63, 3.8) is 0 Å². The summed E-state index contributed by atoms with van der Waals surface area (Å²) in [4.78, 5) is 26.5. The number of nitrogens with zero attached hydrogens (tertiary/aromatic N) is 1. The number of amides is 1. The first-order valence-electron chi connectivity index (χ1n) is 5.43. The number of anilines is 1. The topological polar surface area (TPSA) is 79.3 Å². The molecule has 0 aliphatic rings. The molecule has 1 amide bonds. The predicted octanol–water partition coefficient (Wildman–Crippen LogP) is 3.29. The molecule has 7 heteroatoms. The van der Waals surface area contributed by atoms with Crippen LogP contribution in [0.5, 0.6) is 0 Å². The number of benzene rings is 1. The summed E-state index contributed by atoms with van der Waals surface area (Å²) in [6.07, 6.45) is 1.14. The zero-order valence-electron chi connectivity index (χ0n) is 9.93. The van der Waals surface area contributed by atoms with Crippen LogP contribution in [0.25, 0.3) is 0 Å². The number of halogens is 2. The molecule has 0 aliphatic carbocycles. The van der Waals surface area contributed by atoms with E-state index >= 15 is 0 Å². The molecule has 0 unspecified atom stereocenters. The number of aromatic carboxylic acids is 1. The van der Waals surface area contributed by atoms with Crippen LogP contribution < -0.4 is 5.32 Å². The number of carbonyl (C=O) groups excluding carboxylic acids is 1. The van der Waals surface area contributed by atoms with Crippen LogP contribution >= 0.6 is 34.2 Å². The van der Waals surface area contributed by atoms with Crippen LogP contribution in [0.2, 0.25) is 5.02 Å². The van der Waals surface area contributed by atoms with E-state index in [1.165, 1.54) is 12.1 Å². The fourth-order valence-corrected chi connectivity index (χ4v) is 2.44. The number of nitrogens with one attached hydrogen (secondary N) is 1. The molecule has 0 spiro atoms. The van der Waals surface area contributed by atoms with Gasteiger partial charge in [0, 0.05) is 14.8 Å². The van der Waals surface area contributed by atoms with Gasteiger partial charge in [-0.25, -0.2) is 4.79 Å². The summed E-state index contributed by atoms with van der Waals surface area (Å²) in [7, 11) is 0. The number of carbonyl (C=O) groups is 2. The standard InChI is InChI=1S/C13H8ClIN2O3/c14-8-2-4-10(9(15)5-8)17-12(18)11-3-1-7(6-16-11)13(19)20/h1-6H,(H,17,18)(H,19,20). The Hall–Kier alpha value is -1.67. The molecular formula is C13H8ClIN2O3. The summed E-state index contributed by atoms with van der Waals surface area (Å²) in [6.45, 7) is 0. The van der Waals surface area contributed by atoms with Crippen LogP contribution in [0, 0.1) is 3.57 Å². The maximum atomic E-state index is 12.0. The molecule has 20 heavy (non-hydrogen) atoms. The highest BCUT2D eigenvalue weighted by molar-refractivity contribution is 14.1. The Kier molecular flexibility index (Phi) is 4.56. The summed E-state index contributed by atoms with van der Waals surface area (Å²) in [5, 5.41) is 12.0. The third-order valence-corrected chi connectivity index (χ3v) is 3.55. The van der Waals surface area contributed by atoms with Crippen molar-refractivity contribution in [2.24, 2.45) is 0 Å². The lowest BCUT2D eigenvalue weighted by atomic mass is 10.2. The van der Waals surface area contributed by atoms with Gasteiger partial charge >= 0.3 is 5.97 Å². The highest BCUT2D eigenvalue weighted by Crippen LogP contribution is 2.22. The molecule has 0 aliphatic heterocycles. The molecule has 0 saturated heterocycles. The van der Waals surface area contributed by atoms with Gasteiger partial charge in [-0.05, 0) is 52.9 Å². The molecule has 0 bridgehead atoms. The second-order valence-electron chi connectivity index (χ2n) is 3.82. The Labute approximate surface area is 133 Å². The van der Waals surface area contributed by atoms with Gasteiger partial charge in [-0.2, -0.15) is 0 Å². The van der Waals surface area contributed by atoms with Gasteiger partial charge in [-0.15, -0.1) is 0 Å². The molecule has 2 rings (SSSR count). The summed E-state index contributed by atoms with van der Waals surface area (Å²) >= 11 is 7.89. The summed E-state index contributed by atoms with van der Waals surface area (Å²) in [6, 6.07) is 7.77. The van der Waals surface area contributed by atoms with Gasteiger partial charge in [0.15, 0.2) is 0 Å². The van der Waals surface area contributed by atoms with E-state index in [1.54, 1.807) is 18.2 Å². The molecule has 5 nitrogen and oxygen atoms in total. The maximum Gasteiger partial charge on any atom is 0.337 e. The van der Waals surface area contributed by atoms with Crippen LogP contribution in [-0.4, -0.2) is 22.0 Å². The first kappa shape index (κ1) is 14.7. The molecule has 0 saturated carbocycles. The Morgan fingerprint density at radius 3 is 2.55 bits per heavy atom. The summed E-state index contributed by atoms with van der Waals surface area (Å²) in [5.41, 5.74) is 0.785. The van der Waals surface area contributed by atoms with E-state index in [2.05, 4.69) is 32.9 Å². The number of hydrogen-bond donors (Lipinski definition) is 2. The van der Waals surface area contributed by atoms with Crippen LogP contribution in [0.15, 0.2) is 36.5 Å². The third-order valence-electron chi connectivity index (χ3n) is 2.42. The fraction of sp³-hybridized carbons (Fsp3) is 0. The largest absolute Gasteiger partial charge is 0.478 e. The quantitative estimate of drug-likeness (QED) is 0.772. The monoisotopic (exact) mass is 402 g/mol. The Morgan fingerprint density at radius 1 is 1.25 bits per heavy atom. The van der Waals surface area contributed by atoms with E-state index in [9.17, 15) is 9.59 Å². The number of carboxylic acid groups (broad SMARTS) is 1. The number of aromatic nitrogens is 1. The maximum absolute atomic E-state index is 12.0. The predicted molar refractivity (Wildman–Crippen MR) is 83.3 cm³/mol. The van der Waals surface area contributed by atoms with E-state index in [0.717, 1.165) is 9.77 Å². The number of hydrogen-bond acceptors (Lipinski definition) is 3. The Bertz CT molecular complexity index is 674. The lowest BCUT2D eigenvalue weighted by Gasteiger charge is -2.07. The van der Waals surface area contributed by atoms with Crippen molar-refractivity contribution in [3.05, 3.63) is 56.4 Å². The zero-order valence-corrected chi connectivity index (χ0v) is 12.8. The lowest BCUT2D eigenvalue weighted by molar-refractivity contribution is 0.0696. The van der Waals surface area contributed by atoms with E-state index in [-0.39, 0.29) is 11.3 Å². The second kappa shape index (κ2) is 6.19. The van der Waals surface area contributed by atoms with Crippen molar-refractivity contribution in [1.29, 1.82) is 0 Å². The average Bonchev–Trinajstić information content (AvgIpc) is 2.42. The highest BCUT2D eigenvalue weighted by atomic mass is 127. The third kappa shape index (κ3) is 3.45. The molecule has 0 atom stereocenters. The van der Waals surface area contributed by atoms with Crippen LogP contribution in [0.3, 0.4) is 0 Å². The minimum absolute atomic E-state index is 0.0302. The molecule has 0 radical (unpaired) electrons. The van der Waals surface area contributed by atoms with Crippen molar-refractivity contribution in [1.82, 2.24) is 4.98 Å². The molecule has 1 aromatic carbocycles. The molecule has 2 N–H and O–H groups in total. The van der Waals surface area contributed by atoms with Crippen molar-refractivity contribution >= 4 is 51.8 Å². The first-order valence-corrected chi connectivity index (χ1v) is 6.89. The second-order valence-corrected chi connectivity index (χ2v) is 5.41. The van der Waals surface area contributed by atoms with Crippen molar-refractivity contribution < 1.29 is 14.7 Å². The van der Waals surface area contributed by atoms with Crippen LogP contribution in [0.4, 0.5) is 5.69 Å². The highest BCUT2D eigenvalue weighted by Gasteiger charge is 2.11. The van der Waals surface area contributed by atoms with Crippen LogP contribution in [0.1, 0.15) is 20.8 Å². The smallest absolute Gasteiger partial charge is 0.337 e. The Balaban J connectivity index is 2.17. The fourth-order valence-electron chi connectivity index (χ4n) is 1.43. The molecular weight excluding hydrogens is 395 g/mol. The molecule has 1 heterocycles. The van der Waals surface area contributed by atoms with Gasteiger partial charge < -0.3 is 10.4 Å². The first-order chi connectivity index (χ1) is 9.47. The van der Waals surface area contributed by atoms with Gasteiger partial charge in [0.1, 0.15) is 5.69 Å². The van der Waals surface area contributed by atoms with Gasteiger partial charge in [0.05, 0.1) is 11.3 Å². The van der Waals surface area contributed by atoms with E-state index in [1.807, 2.05) is 0 Å². The van der Waals surface area contributed by atoms with E-state index < -0.39 is 11.9 Å². The van der Waals surface area contributed by atoms with Crippen LogP contribution in [-0.2, 0) is 0 Å². The van der Waals surface area contributed by atoms with Gasteiger partial charge in [-0.1, -0.05) is 11.6 Å². The van der Waals surface area contributed by atoms with Crippen molar-refractivity contribution in [2.75, 3.05) is 5.32 Å². The van der Waals surface area contributed by atoms with E-state index in [0.29, 0.717) is 10.7 Å². The van der Waals surface area contributed by atoms with Gasteiger partial charge in [0.25, 0.3) is 5.91 Å². The average molecular weight is 403 g/mol. The lowest BCUT2D eigenvalue weighted by Crippen LogP contribution is -2.14. The molecule has 0 fully saturated rings. The minimum Gasteiger partial charge on any atom is -0.478 e. The van der Waals surface area contributed by atoms with Gasteiger partial charge in [-0.3, -0.25) is 9.78 Å². The SMILES string of the molecule is O=C(O)c1ccc(C(=O)Nc2ccc(Cl)cc2I)nc1. The molecule has 102 valence electrons. The van der Waals surface area contributed by atoms with Crippen molar-refractivity contribution in [2.45, 2.75) is 0 Å². The zero-order chi connectivity index (χ0) is 14.7. The summed E-state index contributed by atoms with van der Waals surface area (Å²) < 4.78 is 0.797. The number of carboxylic acids is 1. The minimum atomic E-state index is -1.09. The van der Waals surface area contributed by atoms with Gasteiger partial charge in [0.2, 0.25) is 0 Å². The number of pyridine rings is 1.